The first-order chi connectivity index (χ1) is 14.3. The van der Waals surface area contributed by atoms with Crippen LogP contribution in [-0.2, 0) is 10.0 Å². The minimum atomic E-state index is -4.00. The number of carboxylic acid groups (broad SMARTS) is 1. The van der Waals surface area contributed by atoms with Crippen LogP contribution in [0.2, 0.25) is 0 Å². The van der Waals surface area contributed by atoms with Gasteiger partial charge in [-0.1, -0.05) is 30.3 Å². The van der Waals surface area contributed by atoms with Crippen LogP contribution in [0, 0.1) is 0 Å². The van der Waals surface area contributed by atoms with Crippen LogP contribution in [0.3, 0.4) is 0 Å². The van der Waals surface area contributed by atoms with Crippen molar-refractivity contribution < 1.29 is 27.9 Å². The van der Waals surface area contributed by atoms with Crippen molar-refractivity contribution in [1.82, 2.24) is 0 Å². The van der Waals surface area contributed by atoms with Gasteiger partial charge in [0.25, 0.3) is 15.9 Å². The van der Waals surface area contributed by atoms with Gasteiger partial charge >= 0.3 is 5.97 Å². The van der Waals surface area contributed by atoms with Gasteiger partial charge in [-0.15, -0.1) is 0 Å². The van der Waals surface area contributed by atoms with E-state index in [9.17, 15) is 23.1 Å². The second-order valence-electron chi connectivity index (χ2n) is 6.14. The Morgan fingerprint density at radius 3 is 2.27 bits per heavy atom. The fourth-order valence-corrected chi connectivity index (χ4v) is 3.83. The molecule has 0 aromatic heterocycles. The number of amides is 1. The van der Waals surface area contributed by atoms with Crippen molar-refractivity contribution in [2.45, 2.75) is 4.90 Å². The van der Waals surface area contributed by atoms with Crippen LogP contribution in [0.5, 0.6) is 5.75 Å². The lowest BCUT2D eigenvalue weighted by Crippen LogP contribution is -2.17. The molecule has 0 radical (unpaired) electrons. The average molecular weight is 426 g/mol. The van der Waals surface area contributed by atoms with Gasteiger partial charge in [-0.05, 0) is 42.5 Å². The lowest BCUT2D eigenvalue weighted by Gasteiger charge is -2.12. The molecule has 0 bridgehead atoms. The highest BCUT2D eigenvalue weighted by atomic mass is 32.2. The van der Waals surface area contributed by atoms with E-state index in [2.05, 4.69) is 10.0 Å². The van der Waals surface area contributed by atoms with E-state index in [0.717, 1.165) is 0 Å². The fourth-order valence-electron chi connectivity index (χ4n) is 2.71. The Morgan fingerprint density at radius 1 is 0.900 bits per heavy atom. The SMILES string of the molecule is COc1ccccc1NS(=O)(=O)c1cccc(C(=O)Nc2ccccc2C(=O)O)c1. The van der Waals surface area contributed by atoms with E-state index in [4.69, 9.17) is 4.74 Å². The van der Waals surface area contributed by atoms with Crippen molar-refractivity contribution in [2.75, 3.05) is 17.1 Å². The maximum Gasteiger partial charge on any atom is 0.337 e. The molecular weight excluding hydrogens is 408 g/mol. The smallest absolute Gasteiger partial charge is 0.337 e. The van der Waals surface area contributed by atoms with E-state index in [-0.39, 0.29) is 27.4 Å². The largest absolute Gasteiger partial charge is 0.495 e. The number of hydrogen-bond acceptors (Lipinski definition) is 5. The summed E-state index contributed by atoms with van der Waals surface area (Å²) in [5.41, 5.74) is 0.339. The molecule has 9 heteroatoms. The second kappa shape index (κ2) is 8.66. The van der Waals surface area contributed by atoms with E-state index in [1.54, 1.807) is 30.3 Å². The number of ether oxygens (including phenoxy) is 1. The van der Waals surface area contributed by atoms with Crippen molar-refractivity contribution in [3.8, 4) is 5.75 Å². The molecule has 3 rings (SSSR count). The van der Waals surface area contributed by atoms with Crippen molar-refractivity contribution in [2.24, 2.45) is 0 Å². The van der Waals surface area contributed by atoms with Crippen LogP contribution in [0.1, 0.15) is 20.7 Å². The first-order valence-corrected chi connectivity index (χ1v) is 10.2. The summed E-state index contributed by atoms with van der Waals surface area (Å²) in [5, 5.41) is 11.7. The third kappa shape index (κ3) is 4.58. The average Bonchev–Trinajstić information content (AvgIpc) is 2.74. The highest BCUT2D eigenvalue weighted by Gasteiger charge is 2.19. The zero-order chi connectivity index (χ0) is 21.7. The van der Waals surface area contributed by atoms with Gasteiger partial charge in [0, 0.05) is 5.56 Å². The fraction of sp³-hybridized carbons (Fsp3) is 0.0476. The molecule has 0 fully saturated rings. The molecule has 1 amide bonds. The van der Waals surface area contributed by atoms with Crippen molar-refractivity contribution in [3.63, 3.8) is 0 Å². The maximum atomic E-state index is 12.8. The number of anilines is 2. The summed E-state index contributed by atoms with van der Waals surface area (Å²) in [6.45, 7) is 0. The van der Waals surface area contributed by atoms with Gasteiger partial charge < -0.3 is 15.2 Å². The van der Waals surface area contributed by atoms with E-state index in [1.807, 2.05) is 0 Å². The molecule has 0 saturated carbocycles. The molecule has 3 N–H and O–H groups in total. The quantitative estimate of drug-likeness (QED) is 0.532. The molecular formula is C21H18N2O6S. The van der Waals surface area contributed by atoms with Gasteiger partial charge in [-0.2, -0.15) is 0 Å². The Balaban J connectivity index is 1.87. The van der Waals surface area contributed by atoms with Crippen LogP contribution in [0.15, 0.2) is 77.7 Å². The number of carbonyl (C=O) groups is 2. The van der Waals surface area contributed by atoms with Gasteiger partial charge in [-0.25, -0.2) is 13.2 Å². The van der Waals surface area contributed by atoms with Gasteiger partial charge in [0.15, 0.2) is 0 Å². The highest BCUT2D eigenvalue weighted by Crippen LogP contribution is 2.26. The van der Waals surface area contributed by atoms with E-state index < -0.39 is 21.9 Å². The number of carbonyl (C=O) groups excluding carboxylic acids is 1. The number of nitrogens with one attached hydrogen (secondary N) is 2. The molecule has 8 nitrogen and oxygen atoms in total. The number of carboxylic acids is 1. The molecule has 0 atom stereocenters. The Morgan fingerprint density at radius 2 is 1.57 bits per heavy atom. The number of sulfonamides is 1. The molecule has 0 aliphatic rings. The van der Waals surface area contributed by atoms with Crippen LogP contribution in [0.25, 0.3) is 0 Å². The van der Waals surface area contributed by atoms with Crippen molar-refractivity contribution >= 4 is 33.3 Å². The number of hydrogen-bond donors (Lipinski definition) is 3. The van der Waals surface area contributed by atoms with Gasteiger partial charge in [-0.3, -0.25) is 9.52 Å². The minimum Gasteiger partial charge on any atom is -0.495 e. The van der Waals surface area contributed by atoms with Gasteiger partial charge in [0.2, 0.25) is 0 Å². The summed E-state index contributed by atoms with van der Waals surface area (Å²) in [6.07, 6.45) is 0. The molecule has 0 aliphatic carbocycles. The number of methoxy groups -OCH3 is 1. The number of para-hydroxylation sites is 3. The molecule has 0 saturated heterocycles. The zero-order valence-corrected chi connectivity index (χ0v) is 16.6. The summed E-state index contributed by atoms with van der Waals surface area (Å²) >= 11 is 0. The third-order valence-electron chi connectivity index (χ3n) is 4.16. The summed E-state index contributed by atoms with van der Waals surface area (Å²) in [4.78, 5) is 23.8. The van der Waals surface area contributed by atoms with E-state index in [1.165, 1.54) is 49.6 Å². The molecule has 154 valence electrons. The van der Waals surface area contributed by atoms with Crippen LogP contribution >= 0.6 is 0 Å². The van der Waals surface area contributed by atoms with Crippen molar-refractivity contribution in [3.05, 3.63) is 83.9 Å². The summed E-state index contributed by atoms with van der Waals surface area (Å²) in [7, 11) is -2.58. The Kier molecular flexibility index (Phi) is 6.03. The molecule has 0 spiro atoms. The molecule has 0 heterocycles. The molecule has 30 heavy (non-hydrogen) atoms. The predicted molar refractivity (Wildman–Crippen MR) is 112 cm³/mol. The zero-order valence-electron chi connectivity index (χ0n) is 15.8. The summed E-state index contributed by atoms with van der Waals surface area (Å²) in [6, 6.07) is 17.9. The van der Waals surface area contributed by atoms with Crippen LogP contribution in [0.4, 0.5) is 11.4 Å². The van der Waals surface area contributed by atoms with E-state index in [0.29, 0.717) is 5.75 Å². The number of rotatable bonds is 7. The number of benzene rings is 3. The van der Waals surface area contributed by atoms with Crippen molar-refractivity contribution in [1.29, 1.82) is 0 Å². The maximum absolute atomic E-state index is 12.8. The molecule has 3 aromatic rings. The summed E-state index contributed by atoms with van der Waals surface area (Å²) in [5.74, 6) is -1.48. The predicted octanol–water partition coefficient (Wildman–Crippen LogP) is 3.45. The Hall–Kier alpha value is -3.85. The first kappa shape index (κ1) is 20.9. The highest BCUT2D eigenvalue weighted by molar-refractivity contribution is 7.92. The topological polar surface area (TPSA) is 122 Å². The monoisotopic (exact) mass is 426 g/mol. The van der Waals surface area contributed by atoms with Crippen LogP contribution < -0.4 is 14.8 Å². The third-order valence-corrected chi connectivity index (χ3v) is 5.53. The first-order valence-electron chi connectivity index (χ1n) is 8.71. The van der Waals surface area contributed by atoms with Gasteiger partial charge in [0.05, 0.1) is 28.9 Å². The Labute approximate surface area is 173 Å². The standard InChI is InChI=1S/C21H18N2O6S/c1-29-19-12-5-4-11-18(19)23-30(27,28)15-8-6-7-14(13-15)20(24)22-17-10-3-2-9-16(17)21(25)26/h2-13,23H,1H3,(H,22,24)(H,25,26). The minimum absolute atomic E-state index is 0.0538. The summed E-state index contributed by atoms with van der Waals surface area (Å²) < 4.78 is 33.1. The lowest BCUT2D eigenvalue weighted by atomic mass is 10.1. The normalized spacial score (nSPS) is 10.8. The lowest BCUT2D eigenvalue weighted by molar-refractivity contribution is 0.0698. The second-order valence-corrected chi connectivity index (χ2v) is 7.82. The molecule has 0 aliphatic heterocycles. The Bertz CT molecular complexity index is 1210. The molecule has 0 unspecified atom stereocenters. The van der Waals surface area contributed by atoms with Gasteiger partial charge in [0.1, 0.15) is 5.75 Å². The van der Waals surface area contributed by atoms with Crippen LogP contribution in [-0.4, -0.2) is 32.5 Å². The molecule has 3 aromatic carbocycles. The number of aromatic carboxylic acids is 1. The van der Waals surface area contributed by atoms with E-state index >= 15 is 0 Å².